The summed E-state index contributed by atoms with van der Waals surface area (Å²) < 4.78 is 12.4. The third-order valence-corrected chi connectivity index (χ3v) is 3.43. The first kappa shape index (κ1) is 8.29. The molecule has 0 saturated heterocycles. The summed E-state index contributed by atoms with van der Waals surface area (Å²) in [5.74, 6) is -0.327. The van der Waals surface area contributed by atoms with Crippen LogP contribution in [-0.4, -0.2) is 8.07 Å². The van der Waals surface area contributed by atoms with Gasteiger partial charge >= 0.3 is 0 Å². The Balaban J connectivity index is 2.99. The molecule has 0 amide bonds. The molecule has 0 saturated carbocycles. The van der Waals surface area contributed by atoms with Gasteiger partial charge in [-0.25, -0.2) is 0 Å². The van der Waals surface area contributed by atoms with Gasteiger partial charge in [0.2, 0.25) is 0 Å². The number of halogens is 1. The van der Waals surface area contributed by atoms with Crippen LogP contribution in [0, 0.1) is 17.9 Å². The Hall–Kier alpha value is -0.813. The highest BCUT2D eigenvalue weighted by molar-refractivity contribution is 6.88. The zero-order valence-electron chi connectivity index (χ0n) is 7.03. The van der Waals surface area contributed by atoms with Gasteiger partial charge in [-0.2, -0.15) is 4.39 Å². The minimum Gasteiger partial charge on any atom is -0.197 e. The van der Waals surface area contributed by atoms with Crippen molar-refractivity contribution in [2.24, 2.45) is 0 Å². The molecule has 1 aromatic carbocycles. The molecule has 0 aromatic heterocycles. The summed E-state index contributed by atoms with van der Waals surface area (Å²) in [6.45, 7) is 6.60. The first-order valence-corrected chi connectivity index (χ1v) is 7.10. The Bertz CT molecular complexity index is 233. The van der Waals surface area contributed by atoms with Gasteiger partial charge in [0, 0.05) is 0 Å². The summed E-state index contributed by atoms with van der Waals surface area (Å²) >= 11 is 0. The molecule has 0 spiro atoms. The van der Waals surface area contributed by atoms with E-state index in [1.807, 2.05) is 0 Å². The molecule has 11 heavy (non-hydrogen) atoms. The second kappa shape index (κ2) is 2.67. The van der Waals surface area contributed by atoms with E-state index in [9.17, 15) is 4.39 Å². The van der Waals surface area contributed by atoms with Gasteiger partial charge in [0.25, 0.3) is 0 Å². The van der Waals surface area contributed by atoms with Crippen LogP contribution in [0.4, 0.5) is 4.39 Å². The molecule has 0 atom stereocenters. The fourth-order valence-corrected chi connectivity index (χ4v) is 1.83. The monoisotopic (exact) mass is 166 g/mol. The first-order chi connectivity index (χ1) is 5.00. The maximum Gasteiger partial charge on any atom is 0.173 e. The predicted octanol–water partition coefficient (Wildman–Crippen LogP) is 1.97. The van der Waals surface area contributed by atoms with Gasteiger partial charge in [0.15, 0.2) is 5.82 Å². The zero-order valence-corrected chi connectivity index (χ0v) is 8.03. The summed E-state index contributed by atoms with van der Waals surface area (Å²) in [5.41, 5.74) is 0. The lowest BCUT2D eigenvalue weighted by Gasteiger charge is -2.12. The van der Waals surface area contributed by atoms with Crippen LogP contribution in [-0.2, 0) is 0 Å². The quantitative estimate of drug-likeness (QED) is 0.560. The van der Waals surface area contributed by atoms with Gasteiger partial charge < -0.3 is 0 Å². The van der Waals surface area contributed by atoms with Crippen molar-refractivity contribution in [2.75, 3.05) is 0 Å². The average Bonchev–Trinajstić information content (AvgIpc) is 1.86. The molecule has 1 aromatic rings. The van der Waals surface area contributed by atoms with E-state index < -0.39 is 8.07 Å². The molecular weight excluding hydrogens is 155 g/mol. The summed E-state index contributed by atoms with van der Waals surface area (Å²) in [4.78, 5) is 0. The lowest BCUT2D eigenvalue weighted by atomic mass is 10.4. The van der Waals surface area contributed by atoms with Gasteiger partial charge in [-0.1, -0.05) is 31.8 Å². The van der Waals surface area contributed by atoms with Gasteiger partial charge in [-0.05, 0) is 17.3 Å². The van der Waals surface area contributed by atoms with E-state index >= 15 is 0 Å². The van der Waals surface area contributed by atoms with Crippen molar-refractivity contribution in [1.29, 1.82) is 0 Å². The molecular formula is C9H11FSi. The fourth-order valence-electron chi connectivity index (χ4n) is 0.804. The van der Waals surface area contributed by atoms with Crippen LogP contribution in [0.15, 0.2) is 12.1 Å². The number of rotatable bonds is 1. The predicted molar refractivity (Wildman–Crippen MR) is 47.1 cm³/mol. The van der Waals surface area contributed by atoms with Gasteiger partial charge in [0.1, 0.15) is 0 Å². The zero-order chi connectivity index (χ0) is 8.48. The lowest BCUT2D eigenvalue weighted by molar-refractivity contribution is 0.629. The second-order valence-corrected chi connectivity index (χ2v) is 8.63. The maximum atomic E-state index is 12.4. The van der Waals surface area contributed by atoms with E-state index in [1.165, 1.54) is 6.07 Å². The van der Waals surface area contributed by atoms with Crippen LogP contribution in [0.2, 0.25) is 19.6 Å². The van der Waals surface area contributed by atoms with Crippen LogP contribution in [0.5, 0.6) is 0 Å². The topological polar surface area (TPSA) is 0 Å². The molecule has 0 bridgehead atoms. The molecule has 0 aliphatic carbocycles. The summed E-state index contributed by atoms with van der Waals surface area (Å²) in [6.07, 6.45) is 0. The Kier molecular flexibility index (Phi) is 2.01. The number of hydrogen-bond acceptors (Lipinski definition) is 0. The molecule has 2 heteroatoms. The normalized spacial score (nSPS) is 10.9. The molecule has 0 aliphatic rings. The van der Waals surface area contributed by atoms with Crippen LogP contribution in [0.1, 0.15) is 0 Å². The van der Waals surface area contributed by atoms with Crippen molar-refractivity contribution in [1.82, 2.24) is 0 Å². The third-order valence-electron chi connectivity index (χ3n) is 1.52. The number of hydrogen-bond donors (Lipinski definition) is 0. The minimum atomic E-state index is -1.31. The molecule has 0 radical (unpaired) electrons. The first-order valence-electron chi connectivity index (χ1n) is 3.60. The minimum absolute atomic E-state index is 0.327. The Morgan fingerprint density at radius 2 is 1.82 bits per heavy atom. The molecule has 0 N–H and O–H groups in total. The molecule has 0 fully saturated rings. The summed E-state index contributed by atoms with van der Waals surface area (Å²) in [5, 5.41) is 1.12. The third kappa shape index (κ3) is 2.06. The van der Waals surface area contributed by atoms with Crippen molar-refractivity contribution in [3.63, 3.8) is 0 Å². The SMILES string of the molecule is C[Si](C)(C)c1c#cc(F)cc1. The van der Waals surface area contributed by atoms with Crippen LogP contribution < -0.4 is 5.19 Å². The van der Waals surface area contributed by atoms with Gasteiger partial charge in [0.05, 0.1) is 8.07 Å². The molecule has 58 valence electrons. The average molecular weight is 166 g/mol. The van der Waals surface area contributed by atoms with Crippen molar-refractivity contribution in [3.8, 4) is 0 Å². The van der Waals surface area contributed by atoms with Crippen molar-refractivity contribution in [2.45, 2.75) is 19.6 Å². The fraction of sp³-hybridized carbons (Fsp3) is 0.333. The van der Waals surface area contributed by atoms with E-state index in [2.05, 4.69) is 31.8 Å². The van der Waals surface area contributed by atoms with Crippen molar-refractivity contribution in [3.05, 3.63) is 30.1 Å². The highest BCUT2D eigenvalue weighted by Crippen LogP contribution is 1.99. The largest absolute Gasteiger partial charge is 0.197 e. The standard InChI is InChI=1S/C9H11FSi/c1-11(2,3)9-6-4-8(10)5-7-9/h4,6H,1-3H3. The molecule has 1 rings (SSSR count). The second-order valence-electron chi connectivity index (χ2n) is 3.59. The van der Waals surface area contributed by atoms with Crippen LogP contribution in [0.3, 0.4) is 0 Å². The maximum absolute atomic E-state index is 12.4. The van der Waals surface area contributed by atoms with Gasteiger partial charge in [-0.15, -0.1) is 0 Å². The van der Waals surface area contributed by atoms with Gasteiger partial charge in [-0.3, -0.25) is 0 Å². The van der Waals surface area contributed by atoms with E-state index in [-0.39, 0.29) is 5.82 Å². The van der Waals surface area contributed by atoms with Crippen molar-refractivity contribution < 1.29 is 4.39 Å². The van der Waals surface area contributed by atoms with Crippen molar-refractivity contribution >= 4 is 13.3 Å². The Morgan fingerprint density at radius 3 is 2.18 bits per heavy atom. The Labute approximate surface area is 68.1 Å². The lowest BCUT2D eigenvalue weighted by Crippen LogP contribution is -2.36. The van der Waals surface area contributed by atoms with E-state index in [4.69, 9.17) is 0 Å². The summed E-state index contributed by atoms with van der Waals surface area (Å²) in [6, 6.07) is 8.54. The summed E-state index contributed by atoms with van der Waals surface area (Å²) in [7, 11) is -1.31. The Morgan fingerprint density at radius 1 is 1.18 bits per heavy atom. The van der Waals surface area contributed by atoms with E-state index in [0.29, 0.717) is 0 Å². The smallest absolute Gasteiger partial charge is 0.173 e. The molecule has 0 unspecified atom stereocenters. The highest BCUT2D eigenvalue weighted by Gasteiger charge is 2.15. The molecule has 0 aliphatic heterocycles. The van der Waals surface area contributed by atoms with Crippen LogP contribution in [0.25, 0.3) is 0 Å². The highest BCUT2D eigenvalue weighted by atomic mass is 28.3. The molecule has 0 nitrogen and oxygen atoms in total. The molecule has 0 heterocycles. The van der Waals surface area contributed by atoms with E-state index in [0.717, 1.165) is 5.19 Å². The van der Waals surface area contributed by atoms with Crippen LogP contribution >= 0.6 is 0 Å². The van der Waals surface area contributed by atoms with E-state index in [1.54, 1.807) is 6.07 Å².